The van der Waals surface area contributed by atoms with Crippen molar-refractivity contribution in [3.63, 3.8) is 0 Å². The summed E-state index contributed by atoms with van der Waals surface area (Å²) in [6.07, 6.45) is 0. The third-order valence-corrected chi connectivity index (χ3v) is 3.29. The van der Waals surface area contributed by atoms with E-state index in [1.54, 1.807) is 12.1 Å². The summed E-state index contributed by atoms with van der Waals surface area (Å²) in [6.45, 7) is 0. The third-order valence-electron chi connectivity index (χ3n) is 1.55. The van der Waals surface area contributed by atoms with Gasteiger partial charge in [-0.2, -0.15) is 5.26 Å². The third kappa shape index (κ3) is 1.55. The van der Waals surface area contributed by atoms with E-state index in [0.29, 0.717) is 10.6 Å². The summed E-state index contributed by atoms with van der Waals surface area (Å²) in [6, 6.07) is 5.45. The molecule has 13 heavy (non-hydrogen) atoms. The quantitative estimate of drug-likeness (QED) is 0.735. The van der Waals surface area contributed by atoms with Crippen LogP contribution in [0.25, 0.3) is 10.2 Å². The van der Waals surface area contributed by atoms with E-state index < -0.39 is 0 Å². The monoisotopic (exact) mass is 272 g/mol. The normalized spacial score (nSPS) is 10.2. The molecule has 0 saturated heterocycles. The predicted octanol–water partition coefficient (Wildman–Crippen LogP) is 3.58. The van der Waals surface area contributed by atoms with Gasteiger partial charge in [0.1, 0.15) is 5.52 Å². The second-order valence-electron chi connectivity index (χ2n) is 2.38. The summed E-state index contributed by atoms with van der Waals surface area (Å²) in [7, 11) is 0. The van der Waals surface area contributed by atoms with Crippen LogP contribution >= 0.6 is 38.9 Å². The summed E-state index contributed by atoms with van der Waals surface area (Å²) >= 11 is 10.7. The standard InChI is InChI=1S/C8H2BrClN2S/c9-8-12-7-5(10)1-4(3-11)2-6(7)13-8/h1-2H. The van der Waals surface area contributed by atoms with E-state index in [4.69, 9.17) is 16.9 Å². The fourth-order valence-electron chi connectivity index (χ4n) is 1.03. The molecule has 0 atom stereocenters. The van der Waals surface area contributed by atoms with Crippen LogP contribution in [0, 0.1) is 11.3 Å². The summed E-state index contributed by atoms with van der Waals surface area (Å²) in [5.74, 6) is 0. The van der Waals surface area contributed by atoms with Gasteiger partial charge >= 0.3 is 0 Å². The Kier molecular flexibility index (Phi) is 2.24. The zero-order valence-electron chi connectivity index (χ0n) is 6.21. The molecule has 0 N–H and O–H groups in total. The van der Waals surface area contributed by atoms with Crippen molar-refractivity contribution in [2.75, 3.05) is 0 Å². The van der Waals surface area contributed by atoms with Crippen LogP contribution < -0.4 is 0 Å². The first-order chi connectivity index (χ1) is 6.20. The minimum Gasteiger partial charge on any atom is -0.227 e. The average Bonchev–Trinajstić information content (AvgIpc) is 2.46. The SMILES string of the molecule is N#Cc1cc(Cl)c2nc(Br)sc2c1. The average molecular weight is 274 g/mol. The molecular formula is C8H2BrClN2S. The molecule has 0 spiro atoms. The zero-order valence-corrected chi connectivity index (χ0v) is 9.37. The van der Waals surface area contributed by atoms with E-state index in [2.05, 4.69) is 20.9 Å². The van der Waals surface area contributed by atoms with Gasteiger partial charge in [0.05, 0.1) is 21.4 Å². The van der Waals surface area contributed by atoms with E-state index in [1.807, 2.05) is 6.07 Å². The highest BCUT2D eigenvalue weighted by Gasteiger charge is 2.07. The summed E-state index contributed by atoms with van der Waals surface area (Å²) in [4.78, 5) is 4.18. The Hall–Kier alpha value is -0.630. The molecule has 0 saturated carbocycles. The van der Waals surface area contributed by atoms with Gasteiger partial charge in [-0.1, -0.05) is 11.6 Å². The number of benzene rings is 1. The minimum absolute atomic E-state index is 0.524. The van der Waals surface area contributed by atoms with Crippen LogP contribution in [0.3, 0.4) is 0 Å². The summed E-state index contributed by atoms with van der Waals surface area (Å²) in [5.41, 5.74) is 1.31. The molecule has 1 aromatic heterocycles. The highest BCUT2D eigenvalue weighted by Crippen LogP contribution is 2.31. The van der Waals surface area contributed by atoms with E-state index in [1.165, 1.54) is 11.3 Å². The van der Waals surface area contributed by atoms with Crippen molar-refractivity contribution in [1.82, 2.24) is 4.98 Å². The van der Waals surface area contributed by atoms with E-state index >= 15 is 0 Å². The van der Waals surface area contributed by atoms with Crippen molar-refractivity contribution >= 4 is 49.1 Å². The van der Waals surface area contributed by atoms with Gasteiger partial charge in [0, 0.05) is 0 Å². The molecule has 64 valence electrons. The molecular weight excluding hydrogens is 272 g/mol. The number of hydrogen-bond acceptors (Lipinski definition) is 3. The summed E-state index contributed by atoms with van der Waals surface area (Å²) < 4.78 is 1.70. The summed E-state index contributed by atoms with van der Waals surface area (Å²) in [5, 5.41) is 9.22. The van der Waals surface area contributed by atoms with Gasteiger partial charge in [0.2, 0.25) is 0 Å². The molecule has 0 amide bonds. The van der Waals surface area contributed by atoms with Crippen molar-refractivity contribution in [3.05, 3.63) is 26.6 Å². The van der Waals surface area contributed by atoms with Crippen LogP contribution in [0.15, 0.2) is 16.0 Å². The molecule has 2 rings (SSSR count). The number of nitriles is 1. The van der Waals surface area contributed by atoms with E-state index in [-0.39, 0.29) is 0 Å². The van der Waals surface area contributed by atoms with Crippen molar-refractivity contribution in [3.8, 4) is 6.07 Å². The number of aromatic nitrogens is 1. The molecule has 0 aliphatic rings. The Balaban J connectivity index is 2.85. The van der Waals surface area contributed by atoms with Crippen molar-refractivity contribution < 1.29 is 0 Å². The lowest BCUT2D eigenvalue weighted by Crippen LogP contribution is -1.75. The minimum atomic E-state index is 0.524. The maximum absolute atomic E-state index is 8.69. The lowest BCUT2D eigenvalue weighted by Gasteiger charge is -1.92. The Morgan fingerprint density at radius 2 is 2.31 bits per heavy atom. The first kappa shape index (κ1) is 8.95. The van der Waals surface area contributed by atoms with Crippen molar-refractivity contribution in [1.29, 1.82) is 5.26 Å². The van der Waals surface area contributed by atoms with Crippen LogP contribution in [0.4, 0.5) is 0 Å². The van der Waals surface area contributed by atoms with Gasteiger partial charge in [0.25, 0.3) is 0 Å². The number of halogens is 2. The number of fused-ring (bicyclic) bond motifs is 1. The van der Waals surface area contributed by atoms with Crippen LogP contribution in [0.5, 0.6) is 0 Å². The van der Waals surface area contributed by atoms with Gasteiger partial charge in [-0.25, -0.2) is 4.98 Å². The highest BCUT2D eigenvalue weighted by atomic mass is 79.9. The number of thiazole rings is 1. The molecule has 0 bridgehead atoms. The van der Waals surface area contributed by atoms with Crippen LogP contribution in [-0.4, -0.2) is 4.98 Å². The molecule has 0 aliphatic heterocycles. The molecule has 2 aromatic rings. The second kappa shape index (κ2) is 3.26. The predicted molar refractivity (Wildman–Crippen MR) is 57.0 cm³/mol. The molecule has 2 nitrogen and oxygen atoms in total. The number of hydrogen-bond donors (Lipinski definition) is 0. The van der Waals surface area contributed by atoms with Gasteiger partial charge < -0.3 is 0 Å². The van der Waals surface area contributed by atoms with Gasteiger partial charge in [-0.3, -0.25) is 0 Å². The van der Waals surface area contributed by atoms with Crippen LogP contribution in [0.2, 0.25) is 5.02 Å². The van der Waals surface area contributed by atoms with Crippen molar-refractivity contribution in [2.24, 2.45) is 0 Å². The zero-order chi connectivity index (χ0) is 9.42. The topological polar surface area (TPSA) is 36.7 Å². The molecule has 0 aliphatic carbocycles. The van der Waals surface area contributed by atoms with Crippen LogP contribution in [0.1, 0.15) is 5.56 Å². The fourth-order valence-corrected chi connectivity index (χ4v) is 2.80. The first-order valence-electron chi connectivity index (χ1n) is 3.36. The molecule has 0 fully saturated rings. The van der Waals surface area contributed by atoms with E-state index in [9.17, 15) is 0 Å². The van der Waals surface area contributed by atoms with Gasteiger partial charge in [0.15, 0.2) is 3.92 Å². The van der Waals surface area contributed by atoms with Gasteiger partial charge in [-0.05, 0) is 28.1 Å². The van der Waals surface area contributed by atoms with Crippen molar-refractivity contribution in [2.45, 2.75) is 0 Å². The molecule has 0 unspecified atom stereocenters. The number of rotatable bonds is 0. The maximum atomic E-state index is 8.69. The smallest absolute Gasteiger partial charge is 0.160 e. The maximum Gasteiger partial charge on any atom is 0.160 e. The first-order valence-corrected chi connectivity index (χ1v) is 5.35. The molecule has 1 aromatic carbocycles. The number of nitrogens with zero attached hydrogens (tertiary/aromatic N) is 2. The fraction of sp³-hybridized carbons (Fsp3) is 0. The second-order valence-corrected chi connectivity index (χ2v) is 5.10. The Bertz CT molecular complexity index is 515. The Morgan fingerprint density at radius 1 is 1.54 bits per heavy atom. The molecule has 5 heteroatoms. The molecule has 0 radical (unpaired) electrons. The van der Waals surface area contributed by atoms with Crippen LogP contribution in [-0.2, 0) is 0 Å². The Labute approximate surface area is 91.9 Å². The highest BCUT2D eigenvalue weighted by molar-refractivity contribution is 9.11. The largest absolute Gasteiger partial charge is 0.227 e. The lowest BCUT2D eigenvalue weighted by atomic mass is 10.2. The Morgan fingerprint density at radius 3 is 3.00 bits per heavy atom. The van der Waals surface area contributed by atoms with E-state index in [0.717, 1.165) is 14.1 Å². The molecule has 1 heterocycles. The van der Waals surface area contributed by atoms with Gasteiger partial charge in [-0.15, -0.1) is 11.3 Å². The lowest BCUT2D eigenvalue weighted by molar-refractivity contribution is 1.44.